The van der Waals surface area contributed by atoms with Crippen LogP contribution in [-0.2, 0) is 20.8 Å². The SMILES string of the molecule is CCOC(=O)CSc1nnc(C2CC2)n1C[C@@H]1CCCO1. The lowest BCUT2D eigenvalue weighted by Crippen LogP contribution is -2.18. The summed E-state index contributed by atoms with van der Waals surface area (Å²) in [6, 6.07) is 0. The molecule has 0 aromatic carbocycles. The highest BCUT2D eigenvalue weighted by molar-refractivity contribution is 7.99. The average molecular weight is 311 g/mol. The zero-order chi connectivity index (χ0) is 14.7. The quantitative estimate of drug-likeness (QED) is 0.567. The lowest BCUT2D eigenvalue weighted by molar-refractivity contribution is -0.139. The van der Waals surface area contributed by atoms with Crippen molar-refractivity contribution in [3.8, 4) is 0 Å². The Labute approximate surface area is 128 Å². The second kappa shape index (κ2) is 6.79. The molecule has 0 N–H and O–H groups in total. The van der Waals surface area contributed by atoms with Crippen molar-refractivity contribution in [2.75, 3.05) is 19.0 Å². The molecule has 2 fully saturated rings. The third kappa shape index (κ3) is 3.77. The van der Waals surface area contributed by atoms with Crippen LogP contribution in [0.1, 0.15) is 44.3 Å². The molecule has 0 amide bonds. The standard InChI is InChI=1S/C14H21N3O3S/c1-2-19-12(18)9-21-14-16-15-13(10-5-6-10)17(14)8-11-4-3-7-20-11/h10-11H,2-9H2,1H3/t11-/m0/s1. The first-order valence-corrected chi connectivity index (χ1v) is 8.59. The third-order valence-electron chi connectivity index (χ3n) is 3.72. The fraction of sp³-hybridized carbons (Fsp3) is 0.786. The largest absolute Gasteiger partial charge is 0.465 e. The number of carbonyl (C=O) groups excluding carboxylic acids is 1. The van der Waals surface area contributed by atoms with E-state index in [4.69, 9.17) is 9.47 Å². The monoisotopic (exact) mass is 311 g/mol. The van der Waals surface area contributed by atoms with Gasteiger partial charge in [-0.2, -0.15) is 0 Å². The third-order valence-corrected chi connectivity index (χ3v) is 4.66. The summed E-state index contributed by atoms with van der Waals surface area (Å²) in [6.07, 6.45) is 4.83. The van der Waals surface area contributed by atoms with E-state index in [1.807, 2.05) is 6.92 Å². The zero-order valence-electron chi connectivity index (χ0n) is 12.3. The van der Waals surface area contributed by atoms with Crippen LogP contribution >= 0.6 is 11.8 Å². The van der Waals surface area contributed by atoms with Crippen LogP contribution in [0.5, 0.6) is 0 Å². The Balaban J connectivity index is 1.68. The van der Waals surface area contributed by atoms with Crippen molar-refractivity contribution in [1.82, 2.24) is 14.8 Å². The minimum absolute atomic E-state index is 0.206. The Bertz CT molecular complexity index is 496. The van der Waals surface area contributed by atoms with Crippen molar-refractivity contribution < 1.29 is 14.3 Å². The van der Waals surface area contributed by atoms with Gasteiger partial charge in [0.15, 0.2) is 5.16 Å². The molecule has 2 aliphatic rings. The van der Waals surface area contributed by atoms with Crippen molar-refractivity contribution >= 4 is 17.7 Å². The molecule has 0 radical (unpaired) electrons. The summed E-state index contributed by atoms with van der Waals surface area (Å²) in [5.41, 5.74) is 0. The van der Waals surface area contributed by atoms with Gasteiger partial charge in [-0.05, 0) is 32.6 Å². The highest BCUT2D eigenvalue weighted by atomic mass is 32.2. The van der Waals surface area contributed by atoms with Crippen LogP contribution in [0.15, 0.2) is 5.16 Å². The van der Waals surface area contributed by atoms with Crippen LogP contribution in [0, 0.1) is 0 Å². The van der Waals surface area contributed by atoms with Gasteiger partial charge in [0.1, 0.15) is 5.82 Å². The maximum atomic E-state index is 11.5. The molecule has 1 aromatic heterocycles. The highest BCUT2D eigenvalue weighted by Gasteiger charge is 2.31. The topological polar surface area (TPSA) is 66.2 Å². The van der Waals surface area contributed by atoms with Crippen molar-refractivity contribution in [3.05, 3.63) is 5.82 Å². The summed E-state index contributed by atoms with van der Waals surface area (Å²) in [6.45, 7) is 3.86. The molecule has 1 saturated carbocycles. The summed E-state index contributed by atoms with van der Waals surface area (Å²) >= 11 is 1.40. The molecule has 3 rings (SSSR count). The summed E-state index contributed by atoms with van der Waals surface area (Å²) in [5.74, 6) is 1.66. The fourth-order valence-electron chi connectivity index (χ4n) is 2.54. The molecule has 6 nitrogen and oxygen atoms in total. The number of rotatable bonds is 7. The Morgan fingerprint density at radius 2 is 2.29 bits per heavy atom. The molecule has 1 aliphatic carbocycles. The van der Waals surface area contributed by atoms with E-state index in [-0.39, 0.29) is 17.8 Å². The van der Waals surface area contributed by atoms with Gasteiger partial charge >= 0.3 is 5.97 Å². The van der Waals surface area contributed by atoms with E-state index in [0.717, 1.165) is 37.0 Å². The normalized spacial score (nSPS) is 21.7. The van der Waals surface area contributed by atoms with Crippen molar-refractivity contribution in [2.45, 2.75) is 56.3 Å². The molecule has 1 aromatic rings. The van der Waals surface area contributed by atoms with Gasteiger partial charge in [-0.15, -0.1) is 10.2 Å². The Kier molecular flexibility index (Phi) is 4.80. The number of ether oxygens (including phenoxy) is 2. The number of thioether (sulfide) groups is 1. The lowest BCUT2D eigenvalue weighted by Gasteiger charge is -2.14. The molecule has 0 spiro atoms. The molecule has 116 valence electrons. The Hall–Kier alpha value is -1.08. The van der Waals surface area contributed by atoms with E-state index in [1.165, 1.54) is 24.6 Å². The molecule has 1 atom stereocenters. The van der Waals surface area contributed by atoms with Crippen molar-refractivity contribution in [1.29, 1.82) is 0 Å². The van der Waals surface area contributed by atoms with Crippen LogP contribution in [0.2, 0.25) is 0 Å². The van der Waals surface area contributed by atoms with Gasteiger partial charge in [0.2, 0.25) is 0 Å². The van der Waals surface area contributed by atoms with Crippen LogP contribution in [-0.4, -0.2) is 45.8 Å². The summed E-state index contributed by atoms with van der Waals surface area (Å²) in [7, 11) is 0. The van der Waals surface area contributed by atoms with E-state index in [1.54, 1.807) is 0 Å². The second-order valence-electron chi connectivity index (χ2n) is 5.45. The van der Waals surface area contributed by atoms with Gasteiger partial charge in [0.25, 0.3) is 0 Å². The van der Waals surface area contributed by atoms with Crippen LogP contribution in [0.4, 0.5) is 0 Å². The summed E-state index contributed by atoms with van der Waals surface area (Å²) < 4.78 is 12.8. The van der Waals surface area contributed by atoms with E-state index in [2.05, 4.69) is 14.8 Å². The van der Waals surface area contributed by atoms with Crippen LogP contribution < -0.4 is 0 Å². The average Bonchev–Trinajstić information content (AvgIpc) is 3.04. The number of nitrogens with zero attached hydrogens (tertiary/aromatic N) is 3. The zero-order valence-corrected chi connectivity index (χ0v) is 13.1. The second-order valence-corrected chi connectivity index (χ2v) is 6.40. The molecular weight excluding hydrogens is 290 g/mol. The number of hydrogen-bond acceptors (Lipinski definition) is 6. The first-order valence-electron chi connectivity index (χ1n) is 7.61. The van der Waals surface area contributed by atoms with Gasteiger partial charge in [0.05, 0.1) is 25.0 Å². The van der Waals surface area contributed by atoms with E-state index in [9.17, 15) is 4.79 Å². The predicted molar refractivity (Wildman–Crippen MR) is 78.3 cm³/mol. The summed E-state index contributed by atoms with van der Waals surface area (Å²) in [5, 5.41) is 9.40. The first kappa shape index (κ1) is 14.8. The molecule has 0 unspecified atom stereocenters. The molecule has 7 heteroatoms. The van der Waals surface area contributed by atoms with E-state index < -0.39 is 0 Å². The van der Waals surface area contributed by atoms with Crippen molar-refractivity contribution in [3.63, 3.8) is 0 Å². The molecular formula is C14H21N3O3S. The Morgan fingerprint density at radius 3 is 2.95 bits per heavy atom. The van der Waals surface area contributed by atoms with Gasteiger partial charge in [0, 0.05) is 12.5 Å². The molecule has 2 heterocycles. The van der Waals surface area contributed by atoms with Crippen LogP contribution in [0.3, 0.4) is 0 Å². The van der Waals surface area contributed by atoms with Crippen LogP contribution in [0.25, 0.3) is 0 Å². The number of carbonyl (C=O) groups is 1. The number of esters is 1. The highest BCUT2D eigenvalue weighted by Crippen LogP contribution is 2.40. The maximum absolute atomic E-state index is 11.5. The minimum Gasteiger partial charge on any atom is -0.465 e. The number of hydrogen-bond donors (Lipinski definition) is 0. The van der Waals surface area contributed by atoms with E-state index >= 15 is 0 Å². The molecule has 0 bridgehead atoms. The van der Waals surface area contributed by atoms with Gasteiger partial charge < -0.3 is 14.0 Å². The smallest absolute Gasteiger partial charge is 0.316 e. The van der Waals surface area contributed by atoms with E-state index in [0.29, 0.717) is 12.5 Å². The molecule has 1 aliphatic heterocycles. The van der Waals surface area contributed by atoms with Gasteiger partial charge in [-0.25, -0.2) is 0 Å². The minimum atomic E-state index is -0.206. The molecule has 21 heavy (non-hydrogen) atoms. The fourth-order valence-corrected chi connectivity index (χ4v) is 3.29. The molecule has 1 saturated heterocycles. The first-order chi connectivity index (χ1) is 10.3. The maximum Gasteiger partial charge on any atom is 0.316 e. The predicted octanol–water partition coefficient (Wildman–Crippen LogP) is 1.99. The Morgan fingerprint density at radius 1 is 1.43 bits per heavy atom. The lowest BCUT2D eigenvalue weighted by atomic mass is 10.2. The summed E-state index contributed by atoms with van der Waals surface area (Å²) in [4.78, 5) is 11.5. The number of aromatic nitrogens is 3. The van der Waals surface area contributed by atoms with Crippen molar-refractivity contribution in [2.24, 2.45) is 0 Å². The van der Waals surface area contributed by atoms with Gasteiger partial charge in [-0.1, -0.05) is 11.8 Å². The van der Waals surface area contributed by atoms with Gasteiger partial charge in [-0.3, -0.25) is 4.79 Å².